The smallest absolute Gasteiger partial charge is 0.185 e. The molecule has 0 radical (unpaired) electrons. The van der Waals surface area contributed by atoms with Gasteiger partial charge in [-0.3, -0.25) is 4.90 Å². The van der Waals surface area contributed by atoms with Crippen molar-refractivity contribution in [2.24, 2.45) is 0 Å². The Morgan fingerprint density at radius 1 is 1.40 bits per heavy atom. The number of hydrogen-bond donors (Lipinski definition) is 1. The van der Waals surface area contributed by atoms with E-state index in [1.807, 2.05) is 11.6 Å². The standard InChI is InChI=1S/C14H25N3O2S/c1-2-3-9-19-12-13(18)11-16-5-7-17(8-6-16)14-15-4-10-20-14/h4,10,13,18H,2-3,5-9,11-12H2,1H3. The summed E-state index contributed by atoms with van der Waals surface area (Å²) >= 11 is 1.69. The predicted molar refractivity (Wildman–Crippen MR) is 82.5 cm³/mol. The van der Waals surface area contributed by atoms with Gasteiger partial charge >= 0.3 is 0 Å². The molecule has 1 atom stereocenters. The molecule has 0 aromatic carbocycles. The summed E-state index contributed by atoms with van der Waals surface area (Å²) in [7, 11) is 0. The molecule has 6 heteroatoms. The monoisotopic (exact) mass is 299 g/mol. The third kappa shape index (κ3) is 5.01. The second kappa shape index (κ2) is 8.56. The Kier molecular flexibility index (Phi) is 6.72. The molecule has 1 saturated heterocycles. The van der Waals surface area contributed by atoms with Gasteiger partial charge in [0.05, 0.1) is 12.7 Å². The lowest BCUT2D eigenvalue weighted by Crippen LogP contribution is -2.49. The summed E-state index contributed by atoms with van der Waals surface area (Å²) in [5.41, 5.74) is 0. The van der Waals surface area contributed by atoms with E-state index in [4.69, 9.17) is 4.74 Å². The number of piperazine rings is 1. The van der Waals surface area contributed by atoms with Crippen LogP contribution in [-0.4, -0.2) is 67.0 Å². The highest BCUT2D eigenvalue weighted by Crippen LogP contribution is 2.18. The van der Waals surface area contributed by atoms with Crippen molar-refractivity contribution in [2.45, 2.75) is 25.9 Å². The normalized spacial score (nSPS) is 18.4. The molecule has 20 heavy (non-hydrogen) atoms. The van der Waals surface area contributed by atoms with Crippen molar-refractivity contribution < 1.29 is 9.84 Å². The van der Waals surface area contributed by atoms with Crippen molar-refractivity contribution >= 4 is 16.5 Å². The molecule has 2 heterocycles. The zero-order valence-corrected chi connectivity index (χ0v) is 13.0. The minimum atomic E-state index is -0.377. The van der Waals surface area contributed by atoms with E-state index in [0.29, 0.717) is 13.2 Å². The molecule has 2 rings (SSSR count). The van der Waals surface area contributed by atoms with Gasteiger partial charge in [-0.05, 0) is 6.42 Å². The summed E-state index contributed by atoms with van der Waals surface area (Å²) < 4.78 is 5.46. The second-order valence-corrected chi connectivity index (χ2v) is 6.06. The first kappa shape index (κ1) is 15.7. The zero-order valence-electron chi connectivity index (χ0n) is 12.2. The van der Waals surface area contributed by atoms with Gasteiger partial charge in [0.2, 0.25) is 0 Å². The fourth-order valence-corrected chi connectivity index (χ4v) is 3.01. The molecule has 1 unspecified atom stereocenters. The third-order valence-electron chi connectivity index (χ3n) is 3.48. The molecule has 0 amide bonds. The fourth-order valence-electron chi connectivity index (χ4n) is 2.31. The van der Waals surface area contributed by atoms with Crippen LogP contribution in [0.3, 0.4) is 0 Å². The molecule has 1 aliphatic heterocycles. The Morgan fingerprint density at radius 2 is 2.20 bits per heavy atom. The van der Waals surface area contributed by atoms with Crippen LogP contribution < -0.4 is 4.90 Å². The van der Waals surface area contributed by atoms with Crippen LogP contribution in [0.15, 0.2) is 11.6 Å². The quantitative estimate of drug-likeness (QED) is 0.736. The summed E-state index contributed by atoms with van der Waals surface area (Å²) in [5.74, 6) is 0. The maximum absolute atomic E-state index is 9.96. The highest BCUT2D eigenvalue weighted by molar-refractivity contribution is 7.13. The van der Waals surface area contributed by atoms with E-state index in [-0.39, 0.29) is 6.10 Å². The minimum absolute atomic E-state index is 0.377. The van der Waals surface area contributed by atoms with Crippen molar-refractivity contribution in [3.63, 3.8) is 0 Å². The summed E-state index contributed by atoms with van der Waals surface area (Å²) in [5, 5.41) is 13.1. The Bertz CT molecular complexity index is 353. The molecule has 1 aliphatic rings. The Balaban J connectivity index is 1.61. The molecule has 1 fully saturated rings. The van der Waals surface area contributed by atoms with Crippen molar-refractivity contribution in [3.05, 3.63) is 11.6 Å². The number of thiazole rings is 1. The number of aliphatic hydroxyl groups is 1. The van der Waals surface area contributed by atoms with Gasteiger partial charge in [-0.2, -0.15) is 0 Å². The zero-order chi connectivity index (χ0) is 14.2. The van der Waals surface area contributed by atoms with Crippen LogP contribution in [0.2, 0.25) is 0 Å². The number of nitrogens with zero attached hydrogens (tertiary/aromatic N) is 3. The summed E-state index contributed by atoms with van der Waals surface area (Å²) in [6.07, 6.45) is 3.68. The number of aromatic nitrogens is 1. The average molecular weight is 299 g/mol. The van der Waals surface area contributed by atoms with Crippen molar-refractivity contribution in [1.82, 2.24) is 9.88 Å². The van der Waals surface area contributed by atoms with Crippen LogP contribution in [-0.2, 0) is 4.74 Å². The molecular formula is C14H25N3O2S. The van der Waals surface area contributed by atoms with Gasteiger partial charge in [-0.15, -0.1) is 11.3 Å². The van der Waals surface area contributed by atoms with Crippen molar-refractivity contribution in [3.8, 4) is 0 Å². The van der Waals surface area contributed by atoms with Crippen LogP contribution in [0, 0.1) is 0 Å². The Hall–Kier alpha value is -0.690. The topological polar surface area (TPSA) is 48.8 Å². The van der Waals surface area contributed by atoms with Gasteiger partial charge in [-0.1, -0.05) is 13.3 Å². The lowest BCUT2D eigenvalue weighted by atomic mass is 10.3. The number of rotatable bonds is 8. The van der Waals surface area contributed by atoms with Gasteiger partial charge in [0.25, 0.3) is 0 Å². The van der Waals surface area contributed by atoms with E-state index >= 15 is 0 Å². The van der Waals surface area contributed by atoms with Crippen LogP contribution >= 0.6 is 11.3 Å². The molecule has 1 N–H and O–H groups in total. The summed E-state index contributed by atoms with van der Waals surface area (Å²) in [6, 6.07) is 0. The molecule has 0 spiro atoms. The number of ether oxygens (including phenoxy) is 1. The van der Waals surface area contributed by atoms with Gasteiger partial charge in [0.1, 0.15) is 0 Å². The first-order chi connectivity index (χ1) is 9.79. The minimum Gasteiger partial charge on any atom is -0.389 e. The maximum Gasteiger partial charge on any atom is 0.185 e. The Morgan fingerprint density at radius 3 is 2.85 bits per heavy atom. The van der Waals surface area contributed by atoms with E-state index in [0.717, 1.165) is 50.8 Å². The molecule has 0 aliphatic carbocycles. The van der Waals surface area contributed by atoms with E-state index in [9.17, 15) is 5.11 Å². The van der Waals surface area contributed by atoms with E-state index < -0.39 is 0 Å². The predicted octanol–water partition coefficient (Wildman–Crippen LogP) is 1.44. The van der Waals surface area contributed by atoms with Crippen molar-refractivity contribution in [1.29, 1.82) is 0 Å². The largest absolute Gasteiger partial charge is 0.389 e. The van der Waals surface area contributed by atoms with Gasteiger partial charge in [0.15, 0.2) is 5.13 Å². The Labute approximate surface area is 125 Å². The second-order valence-electron chi connectivity index (χ2n) is 5.18. The van der Waals surface area contributed by atoms with Crippen LogP contribution in [0.5, 0.6) is 0 Å². The summed E-state index contributed by atoms with van der Waals surface area (Å²) in [4.78, 5) is 8.95. The lowest BCUT2D eigenvalue weighted by molar-refractivity contribution is 0.0150. The lowest BCUT2D eigenvalue weighted by Gasteiger charge is -2.35. The first-order valence-electron chi connectivity index (χ1n) is 7.42. The van der Waals surface area contributed by atoms with E-state index in [1.54, 1.807) is 11.3 Å². The molecule has 5 nitrogen and oxygen atoms in total. The number of anilines is 1. The van der Waals surface area contributed by atoms with Gasteiger partial charge in [0, 0.05) is 50.9 Å². The van der Waals surface area contributed by atoms with E-state index in [2.05, 4.69) is 21.7 Å². The molecule has 1 aromatic heterocycles. The molecule has 114 valence electrons. The molecule has 0 saturated carbocycles. The number of β-amino-alcohol motifs (C(OH)–C–C–N with tert-alkyl or cyclic N) is 1. The van der Waals surface area contributed by atoms with Gasteiger partial charge in [-0.25, -0.2) is 4.98 Å². The van der Waals surface area contributed by atoms with Crippen LogP contribution in [0.1, 0.15) is 19.8 Å². The molecular weight excluding hydrogens is 274 g/mol. The van der Waals surface area contributed by atoms with E-state index in [1.165, 1.54) is 0 Å². The van der Waals surface area contributed by atoms with Crippen LogP contribution in [0.4, 0.5) is 5.13 Å². The number of aliphatic hydroxyl groups excluding tert-OH is 1. The maximum atomic E-state index is 9.96. The third-order valence-corrected chi connectivity index (χ3v) is 4.32. The molecule has 1 aromatic rings. The average Bonchev–Trinajstić information content (AvgIpc) is 2.99. The molecule has 0 bridgehead atoms. The van der Waals surface area contributed by atoms with Crippen molar-refractivity contribution in [2.75, 3.05) is 50.8 Å². The number of hydrogen-bond acceptors (Lipinski definition) is 6. The highest BCUT2D eigenvalue weighted by Gasteiger charge is 2.20. The SMILES string of the molecule is CCCCOCC(O)CN1CCN(c2nccs2)CC1. The van der Waals surface area contributed by atoms with Crippen LogP contribution in [0.25, 0.3) is 0 Å². The first-order valence-corrected chi connectivity index (χ1v) is 8.30. The highest BCUT2D eigenvalue weighted by atomic mass is 32.1. The fraction of sp³-hybridized carbons (Fsp3) is 0.786. The number of unbranched alkanes of at least 4 members (excludes halogenated alkanes) is 1. The van der Waals surface area contributed by atoms with Gasteiger partial charge < -0.3 is 14.7 Å². The summed E-state index contributed by atoms with van der Waals surface area (Å²) in [6.45, 7) is 7.97.